The van der Waals surface area contributed by atoms with E-state index in [-0.39, 0.29) is 52.0 Å². The molecule has 0 bridgehead atoms. The van der Waals surface area contributed by atoms with Crippen molar-refractivity contribution in [3.05, 3.63) is 37.6 Å². The Labute approximate surface area is 148 Å². The minimum Gasteiger partial charge on any atom is -0.481 e. The quantitative estimate of drug-likeness (QED) is 0.586. The molecule has 2 N–H and O–H groups in total. The van der Waals surface area contributed by atoms with E-state index >= 15 is 0 Å². The van der Waals surface area contributed by atoms with Crippen LogP contribution in [0.5, 0.6) is 0 Å². The fourth-order valence-corrected chi connectivity index (χ4v) is 1.18. The van der Waals surface area contributed by atoms with Gasteiger partial charge in [-0.05, 0) is 13.3 Å². The Balaban J connectivity index is -0.000000162. The molecule has 0 saturated carbocycles. The molecule has 1 aliphatic rings. The average molecular weight is 360 g/mol. The Morgan fingerprint density at radius 1 is 1.35 bits per heavy atom. The summed E-state index contributed by atoms with van der Waals surface area (Å²) in [5.74, 6) is -2.06. The first-order valence-corrected chi connectivity index (χ1v) is 5.72. The maximum Gasteiger partial charge on any atom is 2.00 e. The summed E-state index contributed by atoms with van der Waals surface area (Å²) in [6.45, 7) is 12.0. The van der Waals surface area contributed by atoms with Crippen molar-refractivity contribution in [2.24, 2.45) is 5.41 Å². The van der Waals surface area contributed by atoms with Crippen molar-refractivity contribution in [3.63, 3.8) is 0 Å². The van der Waals surface area contributed by atoms with E-state index in [1.54, 1.807) is 6.92 Å². The minimum absolute atomic E-state index is 0. The van der Waals surface area contributed by atoms with Gasteiger partial charge in [-0.3, -0.25) is 4.79 Å². The van der Waals surface area contributed by atoms with Crippen LogP contribution in [-0.2, 0) is 9.59 Å². The number of carboxylic acids is 2. The Morgan fingerprint density at radius 2 is 1.75 bits per heavy atom. The van der Waals surface area contributed by atoms with Crippen molar-refractivity contribution in [2.45, 2.75) is 33.6 Å². The molecule has 0 amide bonds. The van der Waals surface area contributed by atoms with E-state index in [0.29, 0.717) is 0 Å². The van der Waals surface area contributed by atoms with Crippen molar-refractivity contribution < 1.29 is 19.8 Å². The van der Waals surface area contributed by atoms with Gasteiger partial charge in [-0.1, -0.05) is 25.2 Å². The van der Waals surface area contributed by atoms with Crippen LogP contribution >= 0.6 is 17.0 Å². The third kappa shape index (κ3) is 10.5. The van der Waals surface area contributed by atoms with Crippen LogP contribution in [0.15, 0.2) is 23.8 Å². The first-order chi connectivity index (χ1) is 8.37. The molecule has 1 aliphatic carbocycles. The molecule has 1 rings (SSSR count). The molecule has 0 aromatic rings. The van der Waals surface area contributed by atoms with Crippen LogP contribution in [0.3, 0.4) is 0 Å². The second kappa shape index (κ2) is 15.1. The van der Waals surface area contributed by atoms with Gasteiger partial charge in [-0.2, -0.15) is 13.3 Å². The Hall–Kier alpha value is -0.334. The van der Waals surface area contributed by atoms with Gasteiger partial charge in [0.15, 0.2) is 0 Å². The number of allylic oxidation sites excluding steroid dienone is 2. The molecular weight excluding hydrogens is 336 g/mol. The maximum absolute atomic E-state index is 10.8. The minimum atomic E-state index is -1.08. The van der Waals surface area contributed by atoms with Crippen molar-refractivity contribution in [3.8, 4) is 0 Å². The van der Waals surface area contributed by atoms with Gasteiger partial charge in [0.25, 0.3) is 0 Å². The molecule has 0 saturated heterocycles. The summed E-state index contributed by atoms with van der Waals surface area (Å²) < 4.78 is 0. The molecule has 0 heterocycles. The van der Waals surface area contributed by atoms with Gasteiger partial charge in [0.05, 0.1) is 5.41 Å². The molecule has 4 nitrogen and oxygen atoms in total. The molecule has 0 radical (unpaired) electrons. The van der Waals surface area contributed by atoms with E-state index < -0.39 is 17.4 Å². The second-order valence-electron chi connectivity index (χ2n) is 3.76. The van der Waals surface area contributed by atoms with Crippen molar-refractivity contribution in [1.82, 2.24) is 0 Å². The SMILES string of the molecule is Br.CC1(C(=O)O)C=CC=C(C(=O)O)C1.[CH2-]C.[CH2-]CC.[Mg+2]. The number of carbonyl (C=O) groups is 2. The first-order valence-electron chi connectivity index (χ1n) is 5.72. The molecule has 6 heteroatoms. The molecule has 112 valence electrons. The van der Waals surface area contributed by atoms with Crippen LogP contribution < -0.4 is 0 Å². The normalized spacial score (nSPS) is 18.6. The van der Waals surface area contributed by atoms with Crippen molar-refractivity contribution in [1.29, 1.82) is 0 Å². The molecule has 1 unspecified atom stereocenters. The smallest absolute Gasteiger partial charge is 0.481 e. The van der Waals surface area contributed by atoms with Crippen LogP contribution in [0, 0.1) is 19.3 Å². The van der Waals surface area contributed by atoms with E-state index in [1.165, 1.54) is 25.2 Å². The van der Waals surface area contributed by atoms with Gasteiger partial charge >= 0.3 is 35.0 Å². The largest absolute Gasteiger partial charge is 2.00 e. The number of carboxylic acid groups (broad SMARTS) is 2. The van der Waals surface area contributed by atoms with Gasteiger partial charge in [-0.25, -0.2) is 4.79 Å². The zero-order valence-corrected chi connectivity index (χ0v) is 15.5. The van der Waals surface area contributed by atoms with Crippen molar-refractivity contribution >= 4 is 52.0 Å². The van der Waals surface area contributed by atoms with Gasteiger partial charge in [0.2, 0.25) is 0 Å². The summed E-state index contributed by atoms with van der Waals surface area (Å²) in [5, 5.41) is 17.5. The molecular formula is C14H23BrMgO4. The summed E-state index contributed by atoms with van der Waals surface area (Å²) >= 11 is 0. The molecule has 0 fully saturated rings. The number of aliphatic carboxylic acids is 2. The molecule has 0 aromatic heterocycles. The van der Waals surface area contributed by atoms with Gasteiger partial charge in [0, 0.05) is 5.57 Å². The van der Waals surface area contributed by atoms with E-state index in [2.05, 4.69) is 13.8 Å². The van der Waals surface area contributed by atoms with Crippen LogP contribution in [0.4, 0.5) is 0 Å². The van der Waals surface area contributed by atoms with E-state index in [9.17, 15) is 9.59 Å². The predicted octanol–water partition coefficient (Wildman–Crippen LogP) is 3.32. The van der Waals surface area contributed by atoms with Gasteiger partial charge in [0.1, 0.15) is 0 Å². The molecule has 0 spiro atoms. The van der Waals surface area contributed by atoms with Crippen molar-refractivity contribution in [2.75, 3.05) is 0 Å². The standard InChI is InChI=1S/C9H10O4.C3H7.C2H5.BrH.Mg/c1-9(8(12)13)4-2-3-6(5-9)7(10)11;1-3-2;1-2;;/h2-4H,5H2,1H3,(H,10,11)(H,12,13);1,3H2,2H3;1H2,2H3;1H;/q;2*-1;;+2. The third-order valence-electron chi connectivity index (χ3n) is 2.08. The summed E-state index contributed by atoms with van der Waals surface area (Å²) in [6.07, 6.45) is 5.43. The average Bonchev–Trinajstić information content (AvgIpc) is 2.32. The summed E-state index contributed by atoms with van der Waals surface area (Å²) in [6, 6.07) is 0. The topological polar surface area (TPSA) is 74.6 Å². The zero-order chi connectivity index (χ0) is 14.8. The van der Waals surface area contributed by atoms with Crippen LogP contribution in [0.25, 0.3) is 0 Å². The maximum atomic E-state index is 10.8. The summed E-state index contributed by atoms with van der Waals surface area (Å²) in [5.41, 5.74) is -0.949. The molecule has 1 atom stereocenters. The number of hydrogen-bond donors (Lipinski definition) is 2. The van der Waals surface area contributed by atoms with Crippen LogP contribution in [-0.4, -0.2) is 45.2 Å². The monoisotopic (exact) mass is 358 g/mol. The van der Waals surface area contributed by atoms with E-state index in [1.807, 2.05) is 6.92 Å². The van der Waals surface area contributed by atoms with Gasteiger partial charge in [-0.15, -0.1) is 17.0 Å². The fraction of sp³-hybridized carbons (Fsp3) is 0.429. The molecule has 0 aliphatic heterocycles. The predicted molar refractivity (Wildman–Crippen MR) is 88.0 cm³/mol. The van der Waals surface area contributed by atoms with Gasteiger partial charge < -0.3 is 24.1 Å². The molecule has 0 aromatic carbocycles. The second-order valence-corrected chi connectivity index (χ2v) is 3.76. The summed E-state index contributed by atoms with van der Waals surface area (Å²) in [4.78, 5) is 21.3. The summed E-state index contributed by atoms with van der Waals surface area (Å²) in [7, 11) is 0. The number of hydrogen-bond acceptors (Lipinski definition) is 2. The Morgan fingerprint density at radius 3 is 2.05 bits per heavy atom. The number of halogens is 1. The van der Waals surface area contributed by atoms with Crippen LogP contribution in [0.2, 0.25) is 0 Å². The fourth-order valence-electron chi connectivity index (χ4n) is 1.18. The molecule has 20 heavy (non-hydrogen) atoms. The zero-order valence-electron chi connectivity index (χ0n) is 12.4. The van der Waals surface area contributed by atoms with E-state index in [0.717, 1.165) is 6.42 Å². The third-order valence-corrected chi connectivity index (χ3v) is 2.08. The first kappa shape index (κ1) is 27.9. The Bertz CT molecular complexity index is 340. The number of rotatable bonds is 2. The van der Waals surface area contributed by atoms with E-state index in [4.69, 9.17) is 10.2 Å². The Kier molecular flexibility index (Phi) is 21.0. The van der Waals surface area contributed by atoms with Crippen LogP contribution in [0.1, 0.15) is 33.6 Å².